The third-order valence-electron chi connectivity index (χ3n) is 5.92. The number of carboxylic acids is 1. The predicted molar refractivity (Wildman–Crippen MR) is 141 cm³/mol. The molecule has 0 radical (unpaired) electrons. The monoisotopic (exact) mass is 481 g/mol. The second-order valence-corrected chi connectivity index (χ2v) is 8.39. The molecule has 182 valence electrons. The van der Waals surface area contributed by atoms with E-state index in [4.69, 9.17) is 15.6 Å². The Morgan fingerprint density at radius 3 is 2.39 bits per heavy atom. The standard InChI is InChI=1S/C26H23N5O.C2H4O2/c27-15-6-5-13-21-24(19-11-3-4-12-20(19)29-21)25-23(16-28)31(26(32)30-25)22-14-7-9-17-8-1-2-10-18(17)22;1-2(3)4/h1-4,7-12,14,29H,5-6,13,15,27H2,(H,30,32);1H3,(H,3,4). The number of nitrogens with zero attached hydrogens (tertiary/aromatic N) is 2. The first-order valence-electron chi connectivity index (χ1n) is 11.7. The summed E-state index contributed by atoms with van der Waals surface area (Å²) in [7, 11) is 0. The van der Waals surface area contributed by atoms with Crippen molar-refractivity contribution in [2.75, 3.05) is 6.54 Å². The van der Waals surface area contributed by atoms with Crippen molar-refractivity contribution in [1.82, 2.24) is 14.5 Å². The van der Waals surface area contributed by atoms with Crippen LogP contribution in [0.2, 0.25) is 0 Å². The molecule has 2 aromatic heterocycles. The van der Waals surface area contributed by atoms with Crippen molar-refractivity contribution in [2.45, 2.75) is 26.2 Å². The lowest BCUT2D eigenvalue weighted by molar-refractivity contribution is -0.134. The molecular formula is C28H27N5O3. The minimum Gasteiger partial charge on any atom is -0.481 e. The summed E-state index contributed by atoms with van der Waals surface area (Å²) in [4.78, 5) is 28.7. The molecule has 5 rings (SSSR count). The van der Waals surface area contributed by atoms with Crippen molar-refractivity contribution in [3.63, 3.8) is 0 Å². The van der Waals surface area contributed by atoms with Crippen LogP contribution in [-0.4, -0.2) is 32.2 Å². The highest BCUT2D eigenvalue weighted by atomic mass is 16.4. The lowest BCUT2D eigenvalue weighted by Crippen LogP contribution is -2.16. The fourth-order valence-electron chi connectivity index (χ4n) is 4.47. The highest BCUT2D eigenvalue weighted by molar-refractivity contribution is 5.98. The van der Waals surface area contributed by atoms with E-state index >= 15 is 0 Å². The first-order chi connectivity index (χ1) is 17.5. The molecule has 0 bridgehead atoms. The van der Waals surface area contributed by atoms with Crippen molar-refractivity contribution in [2.24, 2.45) is 5.73 Å². The molecule has 0 spiro atoms. The molecule has 0 unspecified atom stereocenters. The van der Waals surface area contributed by atoms with E-state index < -0.39 is 5.97 Å². The lowest BCUT2D eigenvalue weighted by atomic mass is 10.0. The number of aliphatic carboxylic acids is 1. The summed E-state index contributed by atoms with van der Waals surface area (Å²) >= 11 is 0. The van der Waals surface area contributed by atoms with Gasteiger partial charge >= 0.3 is 5.69 Å². The number of carbonyl (C=O) groups is 1. The largest absolute Gasteiger partial charge is 0.481 e. The van der Waals surface area contributed by atoms with Crippen molar-refractivity contribution in [3.05, 3.63) is 88.6 Å². The molecule has 8 nitrogen and oxygen atoms in total. The van der Waals surface area contributed by atoms with Gasteiger partial charge in [-0.3, -0.25) is 9.36 Å². The number of rotatable bonds is 6. The number of nitriles is 1. The zero-order chi connectivity index (χ0) is 25.7. The Morgan fingerprint density at radius 1 is 1.00 bits per heavy atom. The molecular weight excluding hydrogens is 454 g/mol. The maximum Gasteiger partial charge on any atom is 0.331 e. The van der Waals surface area contributed by atoms with Gasteiger partial charge in [-0.2, -0.15) is 5.26 Å². The van der Waals surface area contributed by atoms with Crippen LogP contribution in [0.4, 0.5) is 0 Å². The van der Waals surface area contributed by atoms with Crippen LogP contribution in [0.25, 0.3) is 38.6 Å². The summed E-state index contributed by atoms with van der Waals surface area (Å²) in [6.45, 7) is 1.72. The normalized spacial score (nSPS) is 10.7. The summed E-state index contributed by atoms with van der Waals surface area (Å²) in [5.74, 6) is -0.833. The van der Waals surface area contributed by atoms with E-state index in [0.717, 1.165) is 59.1 Å². The average molecular weight is 482 g/mol. The maximum atomic E-state index is 13.2. The number of nitrogens with two attached hydrogens (primary N) is 1. The molecule has 2 heterocycles. The van der Waals surface area contributed by atoms with Crippen LogP contribution < -0.4 is 11.4 Å². The molecule has 8 heteroatoms. The van der Waals surface area contributed by atoms with Gasteiger partial charge in [0.25, 0.3) is 5.97 Å². The van der Waals surface area contributed by atoms with Gasteiger partial charge in [0, 0.05) is 34.5 Å². The quantitative estimate of drug-likeness (QED) is 0.260. The first-order valence-corrected chi connectivity index (χ1v) is 11.7. The topological polar surface area (TPSA) is 141 Å². The molecule has 0 amide bonds. The number of aromatic amines is 2. The Labute approximate surface area is 207 Å². The van der Waals surface area contributed by atoms with Gasteiger partial charge in [0.05, 0.1) is 11.4 Å². The number of benzene rings is 3. The summed E-state index contributed by atoms with van der Waals surface area (Å²) in [5, 5.41) is 20.5. The first kappa shape index (κ1) is 24.5. The second kappa shape index (κ2) is 10.8. The Balaban J connectivity index is 0.000000709. The predicted octanol–water partition coefficient (Wildman–Crippen LogP) is 4.71. The Bertz CT molecular complexity index is 1630. The number of carboxylic acid groups (broad SMARTS) is 1. The molecule has 0 aliphatic carbocycles. The van der Waals surface area contributed by atoms with Crippen molar-refractivity contribution in [3.8, 4) is 23.0 Å². The number of para-hydroxylation sites is 1. The Kier molecular flexibility index (Phi) is 7.33. The number of hydrogen-bond acceptors (Lipinski definition) is 4. The van der Waals surface area contributed by atoms with Crippen LogP contribution in [0.5, 0.6) is 0 Å². The highest BCUT2D eigenvalue weighted by Gasteiger charge is 2.23. The van der Waals surface area contributed by atoms with E-state index in [2.05, 4.69) is 16.0 Å². The molecule has 0 saturated heterocycles. The minimum absolute atomic E-state index is 0.302. The van der Waals surface area contributed by atoms with Crippen LogP contribution in [0.3, 0.4) is 0 Å². The zero-order valence-corrected chi connectivity index (χ0v) is 19.9. The number of hydrogen-bond donors (Lipinski definition) is 4. The number of aryl methyl sites for hydroxylation is 1. The highest BCUT2D eigenvalue weighted by Crippen LogP contribution is 2.35. The maximum absolute atomic E-state index is 13.2. The SMILES string of the molecule is CC(=O)O.N#Cc1c(-c2c(CCCCN)[nH]c3ccccc23)[nH]c(=O)n1-c1cccc2ccccc12. The third kappa shape index (κ3) is 4.78. The van der Waals surface area contributed by atoms with E-state index in [0.29, 0.717) is 23.6 Å². The molecule has 0 atom stereocenters. The van der Waals surface area contributed by atoms with Crippen LogP contribution in [-0.2, 0) is 11.2 Å². The van der Waals surface area contributed by atoms with E-state index in [-0.39, 0.29) is 5.69 Å². The van der Waals surface area contributed by atoms with Crippen LogP contribution in [0, 0.1) is 11.3 Å². The summed E-state index contributed by atoms with van der Waals surface area (Å²) < 4.78 is 1.49. The number of H-pyrrole nitrogens is 2. The molecule has 36 heavy (non-hydrogen) atoms. The van der Waals surface area contributed by atoms with E-state index in [1.165, 1.54) is 4.57 Å². The molecule has 0 saturated carbocycles. The van der Waals surface area contributed by atoms with Gasteiger partial charge in [-0.1, -0.05) is 54.6 Å². The van der Waals surface area contributed by atoms with Crippen molar-refractivity contribution in [1.29, 1.82) is 5.26 Å². The second-order valence-electron chi connectivity index (χ2n) is 8.39. The van der Waals surface area contributed by atoms with E-state index in [1.54, 1.807) is 0 Å². The van der Waals surface area contributed by atoms with Gasteiger partial charge < -0.3 is 20.8 Å². The molecule has 3 aromatic carbocycles. The fourth-order valence-corrected chi connectivity index (χ4v) is 4.47. The lowest BCUT2D eigenvalue weighted by Gasteiger charge is -2.08. The summed E-state index contributed by atoms with van der Waals surface area (Å²) in [6, 6.07) is 23.9. The van der Waals surface area contributed by atoms with Crippen LogP contribution >= 0.6 is 0 Å². The number of unbranched alkanes of at least 4 members (excludes halogenated alkanes) is 1. The number of fused-ring (bicyclic) bond motifs is 2. The zero-order valence-electron chi connectivity index (χ0n) is 19.9. The Morgan fingerprint density at radius 2 is 1.67 bits per heavy atom. The Hall–Kier alpha value is -4.61. The minimum atomic E-state index is -0.833. The molecule has 5 N–H and O–H groups in total. The van der Waals surface area contributed by atoms with Gasteiger partial charge in [0.2, 0.25) is 0 Å². The van der Waals surface area contributed by atoms with Crippen molar-refractivity contribution < 1.29 is 9.90 Å². The smallest absolute Gasteiger partial charge is 0.331 e. The summed E-state index contributed by atoms with van der Waals surface area (Å²) in [5.41, 5.74) is 9.77. The third-order valence-corrected chi connectivity index (χ3v) is 5.92. The van der Waals surface area contributed by atoms with Gasteiger partial charge in [-0.25, -0.2) is 4.79 Å². The molecule has 0 aliphatic heterocycles. The van der Waals surface area contributed by atoms with Crippen molar-refractivity contribution >= 4 is 27.6 Å². The van der Waals surface area contributed by atoms with Gasteiger partial charge in [-0.15, -0.1) is 0 Å². The van der Waals surface area contributed by atoms with E-state index in [1.807, 2.05) is 66.7 Å². The fraction of sp³-hybridized carbons (Fsp3) is 0.179. The number of aromatic nitrogens is 3. The van der Waals surface area contributed by atoms with Gasteiger partial charge in [-0.05, 0) is 43.3 Å². The van der Waals surface area contributed by atoms with Crippen LogP contribution in [0.15, 0.2) is 71.5 Å². The summed E-state index contributed by atoms with van der Waals surface area (Å²) in [6.07, 6.45) is 2.62. The average Bonchev–Trinajstić information content (AvgIpc) is 3.39. The van der Waals surface area contributed by atoms with Gasteiger partial charge in [0.15, 0.2) is 5.69 Å². The van der Waals surface area contributed by atoms with E-state index in [9.17, 15) is 10.1 Å². The molecule has 5 aromatic rings. The number of nitrogens with one attached hydrogen (secondary N) is 2. The van der Waals surface area contributed by atoms with Gasteiger partial charge in [0.1, 0.15) is 6.07 Å². The van der Waals surface area contributed by atoms with Crippen LogP contribution in [0.1, 0.15) is 31.2 Å². The molecule has 0 fully saturated rings. The molecule has 0 aliphatic rings. The number of imidazole rings is 1.